The van der Waals surface area contributed by atoms with Crippen molar-refractivity contribution in [2.24, 2.45) is 5.41 Å². The number of unbranched alkanes of at least 4 members (excludes halogenated alkanes) is 4. The van der Waals surface area contributed by atoms with E-state index < -0.39 is 53.8 Å². The lowest BCUT2D eigenvalue weighted by Gasteiger charge is -2.34. The minimum Gasteiger partial charge on any atom is -0.490 e. The molecule has 8 rings (SSSR count). The summed E-state index contributed by atoms with van der Waals surface area (Å²) in [4.78, 5) is 0. The van der Waals surface area contributed by atoms with Crippen LogP contribution in [0.4, 0.5) is 17.6 Å². The van der Waals surface area contributed by atoms with Crippen molar-refractivity contribution in [1.82, 2.24) is 0 Å². The highest BCUT2D eigenvalue weighted by Crippen LogP contribution is 2.40. The van der Waals surface area contributed by atoms with Crippen molar-refractivity contribution in [2.75, 3.05) is 79.3 Å². The number of rotatable bonds is 36. The van der Waals surface area contributed by atoms with Gasteiger partial charge in [-0.1, -0.05) is 24.3 Å². The Balaban J connectivity index is 0.982. The van der Waals surface area contributed by atoms with Crippen molar-refractivity contribution in [3.05, 3.63) is 118 Å². The van der Waals surface area contributed by atoms with E-state index in [-0.39, 0.29) is 126 Å². The SMILES string of the molecule is OCCCCC1COC(c2ccc(OCCC(CCOc3ccc(C4OCC(CCCCO)O4)cc3F)(CCOc3ccc(C4OCC(CCCCO)O4)cc3F)CCOc3ccc(C4OCC(CCCCO)O4)cc3F)c(F)c2)O1. The van der Waals surface area contributed by atoms with Crippen molar-refractivity contribution in [3.63, 3.8) is 0 Å². The number of halogens is 4. The van der Waals surface area contributed by atoms with Gasteiger partial charge in [-0.15, -0.1) is 0 Å². The summed E-state index contributed by atoms with van der Waals surface area (Å²) >= 11 is 0. The maximum absolute atomic E-state index is 15.9. The summed E-state index contributed by atoms with van der Waals surface area (Å²) < 4.78 is 135. The van der Waals surface area contributed by atoms with Crippen molar-refractivity contribution < 1.29 is 94.8 Å². The third-order valence-electron chi connectivity index (χ3n) is 15.2. The Kier molecular flexibility index (Phi) is 24.9. The van der Waals surface area contributed by atoms with Gasteiger partial charge in [0.05, 0.1) is 77.3 Å². The van der Waals surface area contributed by atoms with Gasteiger partial charge in [0.25, 0.3) is 0 Å². The summed E-state index contributed by atoms with van der Waals surface area (Å²) in [5.41, 5.74) is 1.07. The lowest BCUT2D eigenvalue weighted by atomic mass is 9.76. The van der Waals surface area contributed by atoms with Crippen LogP contribution in [0.3, 0.4) is 0 Å². The first-order chi connectivity index (χ1) is 39.5. The van der Waals surface area contributed by atoms with Gasteiger partial charge in [-0.3, -0.25) is 0 Å². The second-order valence-electron chi connectivity index (χ2n) is 21.2. The number of aliphatic hydroxyl groups excluding tert-OH is 4. The molecular weight excluding hydrogens is 1060 g/mol. The molecule has 4 heterocycles. The topological polar surface area (TPSA) is 192 Å². The molecule has 20 heteroatoms. The standard InChI is InChI=1S/C61H80F4O16/c62-49-33-41(57-74-37-45(78-57)9-1-5-25-66)13-17-53(49)70-29-21-61(22-30-71-54-18-14-42(34-50(54)63)58-75-38-46(79-58)10-2-6-26-67,23-31-72-55-19-15-43(35-51(55)64)59-76-39-47(80-59)11-3-7-27-68)24-32-73-56-20-16-44(36-52(56)65)60-77-40-48(81-60)12-4-8-28-69/h13-20,33-36,45-48,57-60,66-69H,1-12,21-32,37-40H2. The van der Waals surface area contributed by atoms with E-state index in [9.17, 15) is 20.4 Å². The fraction of sp³-hybridized carbons (Fsp3) is 0.607. The molecule has 0 saturated carbocycles. The molecule has 4 saturated heterocycles. The smallest absolute Gasteiger partial charge is 0.184 e. The van der Waals surface area contributed by atoms with Crippen LogP contribution in [0.15, 0.2) is 72.8 Å². The molecule has 4 N–H and O–H groups in total. The second kappa shape index (κ2) is 32.4. The molecule has 4 aromatic rings. The summed E-state index contributed by atoms with van der Waals surface area (Å²) in [5.74, 6) is -2.64. The monoisotopic (exact) mass is 1140 g/mol. The molecule has 0 aromatic heterocycles. The van der Waals surface area contributed by atoms with Gasteiger partial charge in [0.1, 0.15) is 0 Å². The van der Waals surface area contributed by atoms with Crippen molar-refractivity contribution in [3.8, 4) is 23.0 Å². The van der Waals surface area contributed by atoms with Gasteiger partial charge in [-0.2, -0.15) is 0 Å². The van der Waals surface area contributed by atoms with E-state index in [4.69, 9.17) is 56.8 Å². The van der Waals surface area contributed by atoms with E-state index in [1.807, 2.05) is 0 Å². The Hall–Kier alpha value is -4.68. The van der Waals surface area contributed by atoms with Gasteiger partial charge in [-0.05, 0) is 157 Å². The fourth-order valence-corrected chi connectivity index (χ4v) is 10.4. The Bertz CT molecular complexity index is 2170. The predicted octanol–water partition coefficient (Wildman–Crippen LogP) is 10.7. The maximum atomic E-state index is 15.9. The second-order valence-corrected chi connectivity index (χ2v) is 21.2. The molecule has 16 nitrogen and oxygen atoms in total. The van der Waals surface area contributed by atoms with Crippen LogP contribution >= 0.6 is 0 Å². The van der Waals surface area contributed by atoms with Crippen molar-refractivity contribution >= 4 is 0 Å². The number of benzene rings is 4. The van der Waals surface area contributed by atoms with Crippen LogP contribution in [0.2, 0.25) is 0 Å². The highest BCUT2D eigenvalue weighted by Gasteiger charge is 2.35. The minimum absolute atomic E-state index is 0.0227. The Morgan fingerprint density at radius 2 is 0.593 bits per heavy atom. The number of hydrogen-bond acceptors (Lipinski definition) is 16. The average molecular weight is 1150 g/mol. The highest BCUT2D eigenvalue weighted by atomic mass is 19.1. The van der Waals surface area contributed by atoms with Gasteiger partial charge in [0, 0.05) is 48.7 Å². The molecule has 4 fully saturated rings. The maximum Gasteiger partial charge on any atom is 0.184 e. The molecule has 0 aliphatic carbocycles. The molecule has 4 aromatic carbocycles. The largest absolute Gasteiger partial charge is 0.490 e. The van der Waals surface area contributed by atoms with Gasteiger partial charge in [0.15, 0.2) is 71.4 Å². The molecule has 0 radical (unpaired) electrons. The Labute approximate surface area is 471 Å². The molecular formula is C61H80F4O16. The van der Waals surface area contributed by atoms with E-state index in [1.54, 1.807) is 24.3 Å². The first kappa shape index (κ1) is 62.4. The van der Waals surface area contributed by atoms with Crippen molar-refractivity contribution in [1.29, 1.82) is 0 Å². The zero-order valence-corrected chi connectivity index (χ0v) is 46.0. The molecule has 0 bridgehead atoms. The predicted molar refractivity (Wildman–Crippen MR) is 286 cm³/mol. The quantitative estimate of drug-likeness (QED) is 0.0248. The summed E-state index contributed by atoms with van der Waals surface area (Å²) in [6.07, 6.45) is 5.65. The van der Waals surface area contributed by atoms with E-state index in [2.05, 4.69) is 0 Å². The zero-order chi connectivity index (χ0) is 56.8. The van der Waals surface area contributed by atoms with E-state index in [0.717, 1.165) is 25.7 Å². The van der Waals surface area contributed by atoms with Crippen LogP contribution in [0, 0.1) is 28.7 Å². The van der Waals surface area contributed by atoms with Crippen LogP contribution in [0.5, 0.6) is 23.0 Å². The minimum atomic E-state index is -0.861. The molecule has 0 spiro atoms. The van der Waals surface area contributed by atoms with Crippen LogP contribution < -0.4 is 18.9 Å². The normalized spacial score (nSPS) is 23.5. The van der Waals surface area contributed by atoms with Gasteiger partial charge < -0.3 is 77.3 Å². The van der Waals surface area contributed by atoms with Crippen molar-refractivity contribution in [2.45, 2.75) is 152 Å². The third kappa shape index (κ3) is 18.7. The molecule has 4 aliphatic rings. The van der Waals surface area contributed by atoms with E-state index in [0.29, 0.717) is 100 Å². The lowest BCUT2D eigenvalue weighted by molar-refractivity contribution is -0.0618. The molecule has 4 aliphatic heterocycles. The third-order valence-corrected chi connectivity index (χ3v) is 15.2. The molecule has 0 amide bonds. The lowest BCUT2D eigenvalue weighted by Crippen LogP contribution is -2.31. The molecule has 81 heavy (non-hydrogen) atoms. The summed E-state index contributed by atoms with van der Waals surface area (Å²) in [7, 11) is 0. The number of hydrogen-bond donors (Lipinski definition) is 4. The molecule has 8 unspecified atom stereocenters. The first-order valence-electron chi connectivity index (χ1n) is 28.8. The zero-order valence-electron chi connectivity index (χ0n) is 46.0. The van der Waals surface area contributed by atoms with Gasteiger partial charge in [-0.25, -0.2) is 17.6 Å². The Morgan fingerprint density at radius 3 is 0.802 bits per heavy atom. The van der Waals surface area contributed by atoms with E-state index in [1.165, 1.54) is 48.5 Å². The summed E-state index contributed by atoms with van der Waals surface area (Å²) in [6, 6.07) is 18.0. The van der Waals surface area contributed by atoms with E-state index >= 15 is 17.6 Å². The highest BCUT2D eigenvalue weighted by molar-refractivity contribution is 5.33. The Morgan fingerprint density at radius 1 is 0.358 bits per heavy atom. The number of aliphatic hydroxyl groups is 4. The summed E-state index contributed by atoms with van der Waals surface area (Å²) in [5, 5.41) is 36.7. The van der Waals surface area contributed by atoms with Gasteiger partial charge in [0.2, 0.25) is 0 Å². The average Bonchev–Trinajstić information content (AvgIpc) is 4.33. The molecule has 448 valence electrons. The van der Waals surface area contributed by atoms with Crippen LogP contribution in [0.1, 0.15) is 150 Å². The van der Waals surface area contributed by atoms with Gasteiger partial charge >= 0.3 is 0 Å². The summed E-state index contributed by atoms with van der Waals surface area (Å²) in [6.45, 7) is 1.63. The molecule has 8 atom stereocenters. The van der Waals surface area contributed by atoms with Crippen LogP contribution in [-0.4, -0.2) is 124 Å². The first-order valence-corrected chi connectivity index (χ1v) is 28.8. The van der Waals surface area contributed by atoms with Crippen LogP contribution in [-0.2, 0) is 37.9 Å². The van der Waals surface area contributed by atoms with Crippen LogP contribution in [0.25, 0.3) is 0 Å². The fourth-order valence-electron chi connectivity index (χ4n) is 10.4. The number of ether oxygens (including phenoxy) is 12.